The van der Waals surface area contributed by atoms with E-state index in [0.29, 0.717) is 23.1 Å². The molecule has 1 aliphatic heterocycles. The van der Waals surface area contributed by atoms with Crippen LogP contribution >= 0.6 is 35.0 Å². The van der Waals surface area contributed by atoms with E-state index in [1.807, 2.05) is 31.2 Å². The lowest BCUT2D eigenvalue weighted by Crippen LogP contribution is -2.36. The quantitative estimate of drug-likeness (QED) is 0.225. The minimum Gasteiger partial charge on any atom is -0.490 e. The van der Waals surface area contributed by atoms with Gasteiger partial charge in [0.2, 0.25) is 5.91 Å². The number of nitrogens with two attached hydrogens (primary N) is 1. The third kappa shape index (κ3) is 6.14. The second kappa shape index (κ2) is 12.4. The number of carbonyl (C=O) groups is 2. The second-order valence-electron chi connectivity index (χ2n) is 9.16. The molecule has 41 heavy (non-hydrogen) atoms. The van der Waals surface area contributed by atoms with Crippen molar-refractivity contribution in [1.29, 1.82) is 0 Å². The molecule has 12 heteroatoms. The highest BCUT2D eigenvalue weighted by atomic mass is 35.5. The van der Waals surface area contributed by atoms with E-state index in [4.69, 9.17) is 38.4 Å². The van der Waals surface area contributed by atoms with E-state index in [-0.39, 0.29) is 35.9 Å². The van der Waals surface area contributed by atoms with E-state index in [1.165, 1.54) is 10.7 Å². The Bertz CT molecular complexity index is 1630. The summed E-state index contributed by atoms with van der Waals surface area (Å²) in [5.41, 5.74) is 8.71. The number of ether oxygens (including phenoxy) is 2. The zero-order valence-corrected chi connectivity index (χ0v) is 24.2. The lowest BCUT2D eigenvalue weighted by Gasteiger charge is -2.29. The number of benzene rings is 3. The van der Waals surface area contributed by atoms with Gasteiger partial charge in [-0.25, -0.2) is 9.18 Å². The second-order valence-corrected chi connectivity index (χ2v) is 11.0. The molecule has 0 fully saturated rings. The van der Waals surface area contributed by atoms with Crippen molar-refractivity contribution in [2.75, 3.05) is 30.4 Å². The van der Waals surface area contributed by atoms with Gasteiger partial charge in [0.1, 0.15) is 24.8 Å². The summed E-state index contributed by atoms with van der Waals surface area (Å²) in [7, 11) is 0. The molecule has 0 spiro atoms. The SMILES string of the molecule is Cc1c(Cl)cccc1OCCOC(=O)N1CCSc2c(-c3cnn(Cc4c(F)ccc(C(N)=O)c4Cl)c3)cccc21. The molecule has 212 valence electrons. The number of anilines is 1. The van der Waals surface area contributed by atoms with Gasteiger partial charge < -0.3 is 15.2 Å². The molecule has 0 aliphatic carbocycles. The maximum Gasteiger partial charge on any atom is 0.414 e. The Morgan fingerprint density at radius 2 is 1.93 bits per heavy atom. The van der Waals surface area contributed by atoms with Gasteiger partial charge in [0.15, 0.2) is 0 Å². The summed E-state index contributed by atoms with van der Waals surface area (Å²) in [6, 6.07) is 13.5. The molecule has 1 aromatic heterocycles. The molecular formula is C29H25Cl2FN4O4S. The maximum absolute atomic E-state index is 14.5. The van der Waals surface area contributed by atoms with Crippen molar-refractivity contribution < 1.29 is 23.5 Å². The van der Waals surface area contributed by atoms with Crippen molar-refractivity contribution in [3.05, 3.63) is 93.5 Å². The molecule has 0 bridgehead atoms. The van der Waals surface area contributed by atoms with Crippen LogP contribution in [0.3, 0.4) is 0 Å². The predicted octanol–water partition coefficient (Wildman–Crippen LogP) is 6.58. The van der Waals surface area contributed by atoms with E-state index in [1.54, 1.807) is 41.2 Å². The van der Waals surface area contributed by atoms with Crippen molar-refractivity contribution in [3.8, 4) is 16.9 Å². The smallest absolute Gasteiger partial charge is 0.414 e. The first-order valence-corrected chi connectivity index (χ1v) is 14.4. The van der Waals surface area contributed by atoms with Crippen molar-refractivity contribution in [1.82, 2.24) is 9.78 Å². The normalized spacial score (nSPS) is 12.6. The number of aromatic nitrogens is 2. The average molecular weight is 616 g/mol. The van der Waals surface area contributed by atoms with Crippen LogP contribution in [0.1, 0.15) is 21.5 Å². The summed E-state index contributed by atoms with van der Waals surface area (Å²) >= 11 is 14.0. The number of hydrogen-bond donors (Lipinski definition) is 1. The molecule has 4 aromatic rings. The van der Waals surface area contributed by atoms with Crippen molar-refractivity contribution in [2.45, 2.75) is 18.4 Å². The van der Waals surface area contributed by atoms with E-state index >= 15 is 0 Å². The Labute approximate surface area is 250 Å². The molecule has 1 aliphatic rings. The van der Waals surface area contributed by atoms with Gasteiger partial charge in [0.05, 0.1) is 29.0 Å². The van der Waals surface area contributed by atoms with Gasteiger partial charge in [-0.05, 0) is 37.3 Å². The molecular weight excluding hydrogens is 590 g/mol. The van der Waals surface area contributed by atoms with E-state index in [0.717, 1.165) is 33.3 Å². The fourth-order valence-electron chi connectivity index (χ4n) is 4.45. The largest absolute Gasteiger partial charge is 0.490 e. The number of thioether (sulfide) groups is 1. The Morgan fingerprint density at radius 3 is 2.73 bits per heavy atom. The zero-order chi connectivity index (χ0) is 29.1. The summed E-state index contributed by atoms with van der Waals surface area (Å²) in [6.45, 7) is 2.62. The Hall–Kier alpha value is -3.73. The van der Waals surface area contributed by atoms with Crippen LogP contribution < -0.4 is 15.4 Å². The molecule has 2 heterocycles. The van der Waals surface area contributed by atoms with Crippen LogP contribution in [0.15, 0.2) is 65.8 Å². The number of carbonyl (C=O) groups excluding carboxylic acids is 2. The lowest BCUT2D eigenvalue weighted by atomic mass is 10.1. The minimum absolute atomic E-state index is 0.00316. The lowest BCUT2D eigenvalue weighted by molar-refractivity contribution is 0.1000. The number of nitrogens with zero attached hydrogens (tertiary/aromatic N) is 3. The van der Waals surface area contributed by atoms with E-state index in [9.17, 15) is 14.0 Å². The average Bonchev–Trinajstić information content (AvgIpc) is 3.43. The summed E-state index contributed by atoms with van der Waals surface area (Å²) < 4.78 is 27.3. The van der Waals surface area contributed by atoms with Crippen molar-refractivity contribution >= 4 is 52.7 Å². The zero-order valence-electron chi connectivity index (χ0n) is 21.9. The number of halogens is 3. The Balaban J connectivity index is 1.29. The van der Waals surface area contributed by atoms with Gasteiger partial charge in [-0.3, -0.25) is 14.4 Å². The fourth-order valence-corrected chi connectivity index (χ4v) is 6.07. The van der Waals surface area contributed by atoms with Crippen molar-refractivity contribution in [2.24, 2.45) is 5.73 Å². The van der Waals surface area contributed by atoms with Crippen LogP contribution in [0, 0.1) is 12.7 Å². The Kier molecular flexibility index (Phi) is 8.72. The molecule has 0 radical (unpaired) electrons. The van der Waals surface area contributed by atoms with Crippen molar-refractivity contribution in [3.63, 3.8) is 0 Å². The highest BCUT2D eigenvalue weighted by Gasteiger charge is 2.27. The topological polar surface area (TPSA) is 99.7 Å². The van der Waals surface area contributed by atoms with Crippen LogP contribution in [0.4, 0.5) is 14.9 Å². The first-order valence-electron chi connectivity index (χ1n) is 12.6. The van der Waals surface area contributed by atoms with Gasteiger partial charge in [0.25, 0.3) is 0 Å². The molecule has 8 nitrogen and oxygen atoms in total. The summed E-state index contributed by atoms with van der Waals surface area (Å²) in [5, 5.41) is 4.94. The van der Waals surface area contributed by atoms with Crippen LogP contribution in [0.2, 0.25) is 10.0 Å². The van der Waals surface area contributed by atoms with Crippen LogP contribution in [0.25, 0.3) is 11.1 Å². The number of fused-ring (bicyclic) bond motifs is 1. The standard InChI is InChI=1S/C29H25Cl2FN4O4S/c1-17-22(30)5-3-7-25(17)39-11-12-40-29(38)36-10-13-41-27-19(4-2-6-24(27)36)18-14-34-35(15-18)16-21-23(32)9-8-20(26(21)31)28(33)37/h2-9,14-15H,10-13,16H2,1H3,(H2,33,37). The van der Waals surface area contributed by atoms with Crippen LogP contribution in [-0.4, -0.2) is 47.3 Å². The number of amides is 2. The summed E-state index contributed by atoms with van der Waals surface area (Å²) in [5.74, 6) is 0.0137. The third-order valence-corrected chi connectivity index (χ3v) is 8.51. The van der Waals surface area contributed by atoms with E-state index in [2.05, 4.69) is 5.10 Å². The molecule has 0 saturated carbocycles. The number of primary amides is 1. The fraction of sp³-hybridized carbons (Fsp3) is 0.207. The van der Waals surface area contributed by atoms with Crippen LogP contribution in [-0.2, 0) is 11.3 Å². The first kappa shape index (κ1) is 28.8. The highest BCUT2D eigenvalue weighted by Crippen LogP contribution is 2.42. The minimum atomic E-state index is -0.739. The first-order chi connectivity index (χ1) is 19.7. The predicted molar refractivity (Wildman–Crippen MR) is 158 cm³/mol. The monoisotopic (exact) mass is 614 g/mol. The van der Waals surface area contributed by atoms with Gasteiger partial charge >= 0.3 is 6.09 Å². The van der Waals surface area contributed by atoms with Gasteiger partial charge in [0, 0.05) is 50.7 Å². The molecule has 0 unspecified atom stereocenters. The summed E-state index contributed by atoms with van der Waals surface area (Å²) in [4.78, 5) is 27.2. The molecule has 3 aromatic carbocycles. The number of hydrogen-bond acceptors (Lipinski definition) is 6. The van der Waals surface area contributed by atoms with Crippen LogP contribution in [0.5, 0.6) is 5.75 Å². The van der Waals surface area contributed by atoms with Gasteiger partial charge in [-0.1, -0.05) is 41.4 Å². The maximum atomic E-state index is 14.5. The molecule has 0 atom stereocenters. The molecule has 2 amide bonds. The number of rotatable bonds is 8. The summed E-state index contributed by atoms with van der Waals surface area (Å²) in [6.07, 6.45) is 2.95. The molecule has 0 saturated heterocycles. The Morgan fingerprint density at radius 1 is 1.12 bits per heavy atom. The molecule has 2 N–H and O–H groups in total. The molecule has 5 rings (SSSR count). The highest BCUT2D eigenvalue weighted by molar-refractivity contribution is 7.99. The third-order valence-electron chi connectivity index (χ3n) is 6.57. The van der Waals surface area contributed by atoms with Gasteiger partial charge in [-0.15, -0.1) is 11.8 Å². The van der Waals surface area contributed by atoms with Gasteiger partial charge in [-0.2, -0.15) is 5.10 Å². The van der Waals surface area contributed by atoms with E-state index < -0.39 is 17.8 Å².